The Labute approximate surface area is 735 Å². The summed E-state index contributed by atoms with van der Waals surface area (Å²) in [5.74, 6) is 7.28. The molecule has 4 aliphatic rings. The number of rotatable bonds is 21. The van der Waals surface area contributed by atoms with E-state index >= 15 is 0 Å². The monoisotopic (exact) mass is 1730 g/mol. The predicted octanol–water partition coefficient (Wildman–Crippen LogP) is 14.0. The molecule has 0 atom stereocenters. The largest absolute Gasteiger partial charge is 0.490 e. The highest BCUT2D eigenvalue weighted by Crippen LogP contribution is 2.39. The number of fused-ring (bicyclic) bond motifs is 4. The molecule has 35 heteroatoms. The third-order valence-electron chi connectivity index (χ3n) is 21.3. The zero-order chi connectivity index (χ0) is 91.3. The summed E-state index contributed by atoms with van der Waals surface area (Å²) >= 11 is 0. The van der Waals surface area contributed by atoms with Crippen LogP contribution in [0, 0.1) is 34.6 Å². The standard InChI is InChI=1S/C23H29N5O.C22H27N5O3.C22H27N5O.C21H26N6O.4CO2/c1-3-5-16-12-13-25-23(27-16)28-17-8-10-18(11-9-17)29-21-7-4-6-20-22(21)19(24)14-15(2)26-20;1-13-11-16(23)21-17(24-13)5-4-6-18(21)30-15-9-7-14(8-10-15)25-22-26-19(28-2)12-20(27-22)29-3;1-3-15-12-24-22(25-13-15)27-16-7-9-17(10-8-16)28-20-6-4-5-19-21(20)18(23)11-14(2)26-19;1-12-10-16(22)20-17(24-12)4-3-5-18(20)28-15-8-6-14(7-9-15)26-19-11-13(2)25-21(23)27-19;4*2-1-3/h4,6-7,12-14,17-18H,3,5,8-11H2,1-2H3,(H2,24,26)(H,25,27,28);4-6,11-12,14-15H,7-10H2,1-3H3,(H2,23,24)(H,25,26,27);4-6,11-13,16-17H,3,7-10H2,1-2H3,(H2,23,26)(H,24,25,27);3-5,10-11,14-15H,6-9H2,1-2H3,(H2,22,24)(H3,23,25,26,27);;;;. The Morgan fingerprint density at radius 1 is 0.354 bits per heavy atom. The molecule has 8 heterocycles. The van der Waals surface area contributed by atoms with Crippen LogP contribution in [0.2, 0.25) is 0 Å². The molecule has 0 unspecified atom stereocenters. The fraction of sp³-hybridized carbons (Fsp3) is 0.391. The maximum Gasteiger partial charge on any atom is 0.373 e. The Hall–Kier alpha value is -14.6. The van der Waals surface area contributed by atoms with Crippen LogP contribution in [-0.4, -0.2) is 147 Å². The Morgan fingerprint density at radius 3 is 0.984 bits per heavy atom. The first-order chi connectivity index (χ1) is 61.4. The molecule has 4 saturated carbocycles. The van der Waals surface area contributed by atoms with Gasteiger partial charge in [-0.2, -0.15) is 53.3 Å². The minimum Gasteiger partial charge on any atom is -0.490 e. The number of aromatic nitrogens is 12. The Balaban J connectivity index is 0.000000183. The van der Waals surface area contributed by atoms with Gasteiger partial charge in [0.2, 0.25) is 35.6 Å². The minimum absolute atomic E-state index is 0.134. The highest BCUT2D eigenvalue weighted by Gasteiger charge is 2.29. The van der Waals surface area contributed by atoms with E-state index in [0.717, 1.165) is 251 Å². The first-order valence-electron chi connectivity index (χ1n) is 42.0. The molecule has 0 radical (unpaired) electrons. The van der Waals surface area contributed by atoms with Crippen molar-refractivity contribution < 1.29 is 66.8 Å². The lowest BCUT2D eigenvalue weighted by Gasteiger charge is -2.30. The number of methoxy groups -OCH3 is 2. The van der Waals surface area contributed by atoms with E-state index in [1.165, 1.54) is 0 Å². The average molecular weight is 1730 g/mol. The minimum atomic E-state index is 0.134. The van der Waals surface area contributed by atoms with Gasteiger partial charge in [0.05, 0.1) is 88.3 Å². The fourth-order valence-corrected chi connectivity index (χ4v) is 15.7. The van der Waals surface area contributed by atoms with Crippen LogP contribution < -0.4 is 78.4 Å². The van der Waals surface area contributed by atoms with Crippen LogP contribution in [0.3, 0.4) is 0 Å². The smallest absolute Gasteiger partial charge is 0.373 e. The molecule has 16 rings (SSSR count). The van der Waals surface area contributed by atoms with Gasteiger partial charge < -0.3 is 78.4 Å². The molecule has 14 N–H and O–H groups in total. The first-order valence-corrected chi connectivity index (χ1v) is 42.0. The summed E-state index contributed by atoms with van der Waals surface area (Å²) in [5.41, 5.74) is 43.9. The van der Waals surface area contributed by atoms with Crippen molar-refractivity contribution in [1.29, 1.82) is 0 Å². The van der Waals surface area contributed by atoms with Gasteiger partial charge >= 0.3 is 24.6 Å². The molecule has 35 nitrogen and oxygen atoms in total. The van der Waals surface area contributed by atoms with Gasteiger partial charge in [-0.1, -0.05) is 44.5 Å². The van der Waals surface area contributed by atoms with Gasteiger partial charge in [0.1, 0.15) is 28.8 Å². The second-order valence-electron chi connectivity index (χ2n) is 30.7. The quantitative estimate of drug-likeness (QED) is 0.0323. The Kier molecular flexibility index (Phi) is 37.1. The normalized spacial score (nSPS) is 17.7. The second kappa shape index (κ2) is 49.0. The molecular weight excluding hydrogens is 1620 g/mol. The summed E-state index contributed by atoms with van der Waals surface area (Å²) in [6.07, 6.45) is 26.1. The van der Waals surface area contributed by atoms with Gasteiger partial charge in [0.15, 0.2) is 0 Å². The van der Waals surface area contributed by atoms with Crippen molar-refractivity contribution in [2.24, 2.45) is 0 Å². The van der Waals surface area contributed by atoms with E-state index in [9.17, 15) is 0 Å². The molecule has 0 bridgehead atoms. The number of nitrogens with zero attached hydrogens (tertiary/aromatic N) is 12. The van der Waals surface area contributed by atoms with E-state index in [1.54, 1.807) is 20.3 Å². The predicted molar refractivity (Wildman–Crippen MR) is 479 cm³/mol. The second-order valence-corrected chi connectivity index (χ2v) is 30.7. The summed E-state index contributed by atoms with van der Waals surface area (Å²) in [6, 6.07) is 38.3. The molecule has 4 aromatic carbocycles. The van der Waals surface area contributed by atoms with Gasteiger partial charge in [-0.25, -0.2) is 24.9 Å². The number of nitrogens with one attached hydrogen (secondary N) is 4. The van der Waals surface area contributed by atoms with Gasteiger partial charge in [-0.05, 0) is 235 Å². The lowest BCUT2D eigenvalue weighted by atomic mass is 9.93. The van der Waals surface area contributed by atoms with Crippen molar-refractivity contribution in [3.63, 3.8) is 0 Å². The van der Waals surface area contributed by atoms with Crippen LogP contribution >= 0.6 is 0 Å². The maximum absolute atomic E-state index is 8.12. The molecule has 12 aromatic rings. The Morgan fingerprint density at radius 2 is 0.669 bits per heavy atom. The molecular formula is C92H109N21O14. The number of nitrogen functional groups attached to an aromatic ring is 5. The van der Waals surface area contributed by atoms with E-state index in [-0.39, 0.29) is 55.1 Å². The van der Waals surface area contributed by atoms with Crippen LogP contribution in [0.5, 0.6) is 34.8 Å². The van der Waals surface area contributed by atoms with Crippen molar-refractivity contribution in [2.45, 2.75) is 219 Å². The van der Waals surface area contributed by atoms with Crippen LogP contribution in [0.15, 0.2) is 134 Å². The number of hydrogen-bond acceptors (Lipinski definition) is 35. The van der Waals surface area contributed by atoms with Crippen molar-refractivity contribution >= 4 is 121 Å². The van der Waals surface area contributed by atoms with E-state index in [0.29, 0.717) is 59.1 Å². The molecule has 0 spiro atoms. The summed E-state index contributed by atoms with van der Waals surface area (Å²) in [6.45, 7) is 14.0. The fourth-order valence-electron chi connectivity index (χ4n) is 15.7. The number of nitrogens with two attached hydrogens (primary N) is 5. The van der Waals surface area contributed by atoms with Crippen LogP contribution in [-0.2, 0) is 51.2 Å². The number of anilines is 9. The summed E-state index contributed by atoms with van der Waals surface area (Å²) in [4.78, 5) is 118. The third kappa shape index (κ3) is 29.0. The topological polar surface area (TPSA) is 525 Å². The molecule has 4 fully saturated rings. The van der Waals surface area contributed by atoms with E-state index in [2.05, 4.69) is 94.9 Å². The molecule has 0 aliphatic heterocycles. The van der Waals surface area contributed by atoms with Crippen molar-refractivity contribution in [3.05, 3.63) is 174 Å². The van der Waals surface area contributed by atoms with Crippen LogP contribution in [0.1, 0.15) is 163 Å². The van der Waals surface area contributed by atoms with E-state index < -0.39 is 0 Å². The number of benzene rings is 4. The molecule has 4 aliphatic carbocycles. The highest BCUT2D eigenvalue weighted by molar-refractivity contribution is 5.98. The number of hydrogen-bond donors (Lipinski definition) is 9. The summed E-state index contributed by atoms with van der Waals surface area (Å²) in [7, 11) is 3.15. The third-order valence-corrected chi connectivity index (χ3v) is 21.3. The van der Waals surface area contributed by atoms with Crippen LogP contribution in [0.25, 0.3) is 43.6 Å². The number of ether oxygens (including phenoxy) is 6. The van der Waals surface area contributed by atoms with E-state index in [4.69, 9.17) is 95.4 Å². The average Bonchev–Trinajstić information content (AvgIpc) is 0.806. The number of carbonyl (C=O) groups excluding carboxylic acids is 8. The van der Waals surface area contributed by atoms with Crippen molar-refractivity contribution in [2.75, 3.05) is 64.2 Å². The summed E-state index contributed by atoms with van der Waals surface area (Å²) in [5, 5.41) is 17.4. The van der Waals surface area contributed by atoms with Crippen molar-refractivity contribution in [3.8, 4) is 34.8 Å². The molecule has 127 heavy (non-hydrogen) atoms. The SMILES string of the molecule is CCCc1ccnc(NC2CCC(Oc3cccc4nc(C)cc(N)c34)CC2)n1.CCc1cnc(NC2CCC(Oc3cccc4nc(C)cc(N)c34)CC2)nc1.COc1cc(OC)nc(NC2CCC(Oc3cccc4nc(C)cc(N)c34)CC2)n1.Cc1cc(NC2CCC(Oc3cccc4nc(C)cc(N)c34)CC2)nc(N)n1.O=C=O.O=C=O.O=C=O.O=C=O. The molecule has 0 saturated heterocycles. The number of aryl methyl sites for hydroxylation is 7. The van der Waals surface area contributed by atoms with Crippen LogP contribution in [0.4, 0.5) is 52.4 Å². The zero-order valence-electron chi connectivity index (χ0n) is 72.7. The molecule has 0 amide bonds. The zero-order valence-corrected chi connectivity index (χ0v) is 72.7. The van der Waals surface area contributed by atoms with Gasteiger partial charge in [0, 0.05) is 106 Å². The highest BCUT2D eigenvalue weighted by atomic mass is 16.5. The maximum atomic E-state index is 8.12. The lowest BCUT2D eigenvalue weighted by Crippen LogP contribution is -2.31. The Bertz CT molecular complexity index is 5640. The summed E-state index contributed by atoms with van der Waals surface area (Å²) < 4.78 is 35.8. The molecule has 666 valence electrons. The van der Waals surface area contributed by atoms with Gasteiger partial charge in [-0.3, -0.25) is 19.9 Å². The molecule has 8 aromatic heterocycles. The van der Waals surface area contributed by atoms with E-state index in [1.807, 2.05) is 162 Å². The van der Waals surface area contributed by atoms with Crippen molar-refractivity contribution in [1.82, 2.24) is 59.8 Å². The lowest BCUT2D eigenvalue weighted by molar-refractivity contribution is -0.193. The van der Waals surface area contributed by atoms with Gasteiger partial charge in [0.25, 0.3) is 0 Å². The first kappa shape index (κ1) is 96.2. The number of pyridine rings is 4. The van der Waals surface area contributed by atoms with Gasteiger partial charge in [-0.15, -0.1) is 0 Å².